The van der Waals surface area contributed by atoms with E-state index >= 15 is 0 Å². The zero-order valence-electron chi connectivity index (χ0n) is 12.7. The Hall–Kier alpha value is -2.19. The van der Waals surface area contributed by atoms with Crippen LogP contribution in [-0.2, 0) is 17.5 Å². The summed E-state index contributed by atoms with van der Waals surface area (Å²) in [5.41, 5.74) is -1.83. The third-order valence-corrected chi connectivity index (χ3v) is 3.63. The fourth-order valence-corrected chi connectivity index (χ4v) is 2.39. The van der Waals surface area contributed by atoms with E-state index in [2.05, 4.69) is 5.32 Å². The largest absolute Gasteiger partial charge is 0.495 e. The lowest BCUT2D eigenvalue weighted by Gasteiger charge is -2.13. The van der Waals surface area contributed by atoms with E-state index in [0.29, 0.717) is 27.6 Å². The number of nitrogens with zero attached hydrogens (tertiary/aromatic N) is 1. The molecule has 134 valence electrons. The highest BCUT2D eigenvalue weighted by Gasteiger charge is 2.32. The summed E-state index contributed by atoms with van der Waals surface area (Å²) in [6, 6.07) is 4.96. The van der Waals surface area contributed by atoms with Gasteiger partial charge in [-0.25, -0.2) is 0 Å². The van der Waals surface area contributed by atoms with E-state index in [4.69, 9.17) is 27.9 Å². The number of benzene rings is 1. The normalized spacial score (nSPS) is 11.3. The fraction of sp³-hybridized carbons (Fsp3) is 0.200. The van der Waals surface area contributed by atoms with E-state index in [1.165, 1.54) is 25.3 Å². The Morgan fingerprint density at radius 1 is 1.28 bits per heavy atom. The lowest BCUT2D eigenvalue weighted by molar-refractivity contribution is -0.138. The highest BCUT2D eigenvalue weighted by molar-refractivity contribution is 6.31. The maximum atomic E-state index is 12.8. The predicted octanol–water partition coefficient (Wildman–Crippen LogP) is 3.82. The van der Waals surface area contributed by atoms with E-state index in [1.807, 2.05) is 0 Å². The number of carbonyl (C=O) groups excluding carboxylic acids is 1. The van der Waals surface area contributed by atoms with Gasteiger partial charge in [-0.2, -0.15) is 13.2 Å². The molecule has 0 unspecified atom stereocenters. The number of carbonyl (C=O) groups is 1. The number of methoxy groups -OCH3 is 1. The third-order valence-electron chi connectivity index (χ3n) is 3.12. The van der Waals surface area contributed by atoms with Crippen LogP contribution in [0, 0.1) is 0 Å². The number of aromatic nitrogens is 1. The minimum atomic E-state index is -4.70. The average Bonchev–Trinajstić information content (AvgIpc) is 2.50. The number of anilines is 1. The van der Waals surface area contributed by atoms with Gasteiger partial charge in [-0.15, -0.1) is 0 Å². The summed E-state index contributed by atoms with van der Waals surface area (Å²) in [4.78, 5) is 23.9. The number of alkyl halides is 3. The molecule has 0 aliphatic heterocycles. The number of hydrogen-bond donors (Lipinski definition) is 1. The van der Waals surface area contributed by atoms with Gasteiger partial charge in [-0.05, 0) is 24.3 Å². The monoisotopic (exact) mass is 394 g/mol. The van der Waals surface area contributed by atoms with Crippen molar-refractivity contribution in [1.82, 2.24) is 4.57 Å². The van der Waals surface area contributed by atoms with Gasteiger partial charge in [-0.3, -0.25) is 9.59 Å². The molecule has 0 fully saturated rings. The molecule has 10 heteroatoms. The van der Waals surface area contributed by atoms with Gasteiger partial charge in [0.05, 0.1) is 18.4 Å². The molecular formula is C15H11Cl2F3N2O3. The van der Waals surface area contributed by atoms with Crippen molar-refractivity contribution in [1.29, 1.82) is 0 Å². The van der Waals surface area contributed by atoms with Crippen LogP contribution in [0.2, 0.25) is 10.0 Å². The Morgan fingerprint density at radius 3 is 2.56 bits per heavy atom. The number of rotatable bonds is 4. The second-order valence-electron chi connectivity index (χ2n) is 4.90. The molecule has 0 saturated heterocycles. The molecule has 5 nitrogen and oxygen atoms in total. The van der Waals surface area contributed by atoms with Gasteiger partial charge in [0.25, 0.3) is 5.56 Å². The minimum Gasteiger partial charge on any atom is -0.495 e. The summed E-state index contributed by atoms with van der Waals surface area (Å²) in [6.45, 7) is -0.669. The van der Waals surface area contributed by atoms with Crippen LogP contribution in [0.4, 0.5) is 18.9 Å². The highest BCUT2D eigenvalue weighted by atomic mass is 35.5. The quantitative estimate of drug-likeness (QED) is 0.857. The van der Waals surface area contributed by atoms with Crippen molar-refractivity contribution < 1.29 is 22.7 Å². The van der Waals surface area contributed by atoms with Crippen LogP contribution in [0.1, 0.15) is 5.56 Å². The molecule has 0 atom stereocenters. The van der Waals surface area contributed by atoms with Crippen molar-refractivity contribution >= 4 is 34.8 Å². The van der Waals surface area contributed by atoms with Gasteiger partial charge >= 0.3 is 6.18 Å². The van der Waals surface area contributed by atoms with E-state index in [9.17, 15) is 22.8 Å². The van der Waals surface area contributed by atoms with E-state index in [0.717, 1.165) is 0 Å². The van der Waals surface area contributed by atoms with Gasteiger partial charge < -0.3 is 14.6 Å². The fourth-order valence-electron chi connectivity index (χ4n) is 1.99. The van der Waals surface area contributed by atoms with Crippen LogP contribution in [-0.4, -0.2) is 17.6 Å². The van der Waals surface area contributed by atoms with Gasteiger partial charge in [0.2, 0.25) is 5.91 Å². The first kappa shape index (κ1) is 19.1. The molecule has 0 saturated carbocycles. The molecule has 1 N–H and O–H groups in total. The topological polar surface area (TPSA) is 60.3 Å². The molecule has 1 heterocycles. The Kier molecular flexibility index (Phi) is 5.64. The molecule has 0 aliphatic carbocycles. The summed E-state index contributed by atoms with van der Waals surface area (Å²) in [5, 5.41) is 2.10. The third kappa shape index (κ3) is 4.67. The smallest absolute Gasteiger partial charge is 0.417 e. The lowest BCUT2D eigenvalue weighted by atomic mass is 10.2. The summed E-state index contributed by atoms with van der Waals surface area (Å²) in [5.74, 6) is -0.453. The van der Waals surface area contributed by atoms with Crippen molar-refractivity contribution in [3.8, 4) is 5.75 Å². The van der Waals surface area contributed by atoms with E-state index < -0.39 is 34.8 Å². The Bertz CT molecular complexity index is 866. The number of pyridine rings is 1. The molecule has 2 rings (SSSR count). The highest BCUT2D eigenvalue weighted by Crippen LogP contribution is 2.30. The SMILES string of the molecule is COc1ccc(Cl)cc1NC(=O)Cn1cc(C(F)(F)F)cc(Cl)c1=O. The second-order valence-corrected chi connectivity index (χ2v) is 5.74. The molecule has 2 aromatic rings. The Labute approximate surface area is 149 Å². The summed E-state index contributed by atoms with van der Waals surface area (Å²) in [7, 11) is 1.37. The van der Waals surface area contributed by atoms with Gasteiger partial charge in [0.15, 0.2) is 0 Å². The standard InChI is InChI=1S/C15H11Cl2F3N2O3/c1-25-12-3-2-9(16)5-11(12)21-13(23)7-22-6-8(15(18,19)20)4-10(17)14(22)24/h2-6H,7H2,1H3,(H,21,23). The predicted molar refractivity (Wildman–Crippen MR) is 87.3 cm³/mol. The first-order valence-corrected chi connectivity index (χ1v) is 7.48. The summed E-state index contributed by atoms with van der Waals surface area (Å²) >= 11 is 11.4. The van der Waals surface area contributed by atoms with Crippen molar-refractivity contribution in [2.45, 2.75) is 12.7 Å². The molecular weight excluding hydrogens is 384 g/mol. The minimum absolute atomic E-state index is 0.214. The maximum absolute atomic E-state index is 12.8. The van der Waals surface area contributed by atoms with Crippen molar-refractivity contribution in [2.24, 2.45) is 0 Å². The Balaban J connectivity index is 2.28. The number of ether oxygens (including phenoxy) is 1. The van der Waals surface area contributed by atoms with E-state index in [1.54, 1.807) is 0 Å². The second kappa shape index (κ2) is 7.37. The number of amides is 1. The maximum Gasteiger partial charge on any atom is 0.417 e. The average molecular weight is 395 g/mol. The van der Waals surface area contributed by atoms with Crippen LogP contribution < -0.4 is 15.6 Å². The van der Waals surface area contributed by atoms with E-state index in [-0.39, 0.29) is 5.69 Å². The van der Waals surface area contributed by atoms with Gasteiger partial charge in [-0.1, -0.05) is 23.2 Å². The first-order chi connectivity index (χ1) is 11.6. The molecule has 0 spiro atoms. The van der Waals surface area contributed by atoms with Crippen LogP contribution >= 0.6 is 23.2 Å². The van der Waals surface area contributed by atoms with Crippen molar-refractivity contribution in [3.63, 3.8) is 0 Å². The number of halogens is 5. The molecule has 0 radical (unpaired) electrons. The first-order valence-electron chi connectivity index (χ1n) is 6.72. The molecule has 0 aliphatic rings. The lowest BCUT2D eigenvalue weighted by Crippen LogP contribution is -2.29. The van der Waals surface area contributed by atoms with Crippen LogP contribution in [0.25, 0.3) is 0 Å². The van der Waals surface area contributed by atoms with Gasteiger partial charge in [0, 0.05) is 11.2 Å². The molecule has 25 heavy (non-hydrogen) atoms. The van der Waals surface area contributed by atoms with Crippen LogP contribution in [0.15, 0.2) is 35.3 Å². The zero-order valence-corrected chi connectivity index (χ0v) is 14.2. The summed E-state index contributed by atoms with van der Waals surface area (Å²) in [6.07, 6.45) is -4.17. The zero-order chi connectivity index (χ0) is 18.8. The summed E-state index contributed by atoms with van der Waals surface area (Å²) < 4.78 is 44.0. The van der Waals surface area contributed by atoms with Crippen LogP contribution in [0.5, 0.6) is 5.75 Å². The number of hydrogen-bond acceptors (Lipinski definition) is 3. The molecule has 0 bridgehead atoms. The molecule has 1 aromatic heterocycles. The number of nitrogens with one attached hydrogen (secondary N) is 1. The molecule has 1 aromatic carbocycles. The van der Waals surface area contributed by atoms with Crippen molar-refractivity contribution in [2.75, 3.05) is 12.4 Å². The van der Waals surface area contributed by atoms with Gasteiger partial charge in [0.1, 0.15) is 17.3 Å². The van der Waals surface area contributed by atoms with Crippen molar-refractivity contribution in [3.05, 3.63) is 56.4 Å². The Morgan fingerprint density at radius 2 is 1.96 bits per heavy atom. The molecule has 1 amide bonds. The van der Waals surface area contributed by atoms with Crippen LogP contribution in [0.3, 0.4) is 0 Å².